The summed E-state index contributed by atoms with van der Waals surface area (Å²) in [5, 5.41) is 3.59. The molecule has 5 nitrogen and oxygen atoms in total. The van der Waals surface area contributed by atoms with Crippen LogP contribution in [0.25, 0.3) is 0 Å². The lowest BCUT2D eigenvalue weighted by atomic mass is 10.3. The van der Waals surface area contributed by atoms with Crippen molar-refractivity contribution in [2.75, 3.05) is 29.5 Å². The first-order chi connectivity index (χ1) is 10.0. The molecule has 0 saturated heterocycles. The van der Waals surface area contributed by atoms with Crippen LogP contribution in [-0.2, 0) is 0 Å². The van der Waals surface area contributed by atoms with Crippen LogP contribution >= 0.6 is 27.3 Å². The number of hydrogen-bond acceptors (Lipinski definition) is 5. The number of aromatic nitrogens is 1. The molecule has 0 radical (unpaired) electrons. The summed E-state index contributed by atoms with van der Waals surface area (Å²) in [5.41, 5.74) is 6.58. The van der Waals surface area contributed by atoms with Crippen LogP contribution in [-0.4, -0.2) is 24.5 Å². The minimum atomic E-state index is -0.237. The van der Waals surface area contributed by atoms with Gasteiger partial charge in [-0.3, -0.25) is 4.79 Å². The second kappa shape index (κ2) is 6.91. The number of nitrogens with zero attached hydrogens (tertiary/aromatic N) is 2. The number of nitrogens with one attached hydrogen (secondary N) is 1. The van der Waals surface area contributed by atoms with Gasteiger partial charge in [0.15, 0.2) is 5.13 Å². The molecule has 1 aromatic heterocycles. The second-order valence-corrected chi connectivity index (χ2v) is 6.49. The molecule has 7 heteroatoms. The Balaban J connectivity index is 2.16. The van der Waals surface area contributed by atoms with E-state index in [1.807, 2.05) is 36.2 Å². The zero-order valence-electron chi connectivity index (χ0n) is 11.9. The molecule has 0 aliphatic heterocycles. The van der Waals surface area contributed by atoms with Gasteiger partial charge in [0.05, 0.1) is 0 Å². The summed E-state index contributed by atoms with van der Waals surface area (Å²) in [6, 6.07) is 7.41. The fourth-order valence-corrected chi connectivity index (χ4v) is 3.10. The van der Waals surface area contributed by atoms with Gasteiger partial charge in [0.25, 0.3) is 5.91 Å². The number of hydrogen-bond donors (Lipinski definition) is 2. The lowest BCUT2D eigenvalue weighted by Crippen LogP contribution is -2.17. The maximum Gasteiger partial charge on any atom is 0.269 e. The molecule has 2 aromatic rings. The molecule has 0 atom stereocenters. The highest BCUT2D eigenvalue weighted by Gasteiger charge is 2.18. The Bertz CT molecular complexity index is 644. The Morgan fingerprint density at radius 3 is 2.95 bits per heavy atom. The lowest BCUT2D eigenvalue weighted by Gasteiger charge is -2.13. The van der Waals surface area contributed by atoms with Gasteiger partial charge in [-0.15, -0.1) is 0 Å². The number of amides is 1. The van der Waals surface area contributed by atoms with Gasteiger partial charge in [-0.2, -0.15) is 0 Å². The molecular formula is C14H17BrN4OS. The van der Waals surface area contributed by atoms with Gasteiger partial charge in [-0.05, 0) is 24.6 Å². The molecule has 2 rings (SSSR count). The molecule has 1 heterocycles. The van der Waals surface area contributed by atoms with E-state index >= 15 is 0 Å². The Labute approximate surface area is 136 Å². The molecule has 0 spiro atoms. The molecule has 21 heavy (non-hydrogen) atoms. The summed E-state index contributed by atoms with van der Waals surface area (Å²) in [6.45, 7) is 2.97. The Morgan fingerprint density at radius 1 is 1.52 bits per heavy atom. The molecule has 0 fully saturated rings. The van der Waals surface area contributed by atoms with Gasteiger partial charge < -0.3 is 16.0 Å². The van der Waals surface area contributed by atoms with E-state index in [0.717, 1.165) is 22.6 Å². The largest absolute Gasteiger partial charge is 0.382 e. The molecule has 112 valence electrons. The maximum absolute atomic E-state index is 12.3. The first kappa shape index (κ1) is 15.8. The SMILES string of the molecule is CCCN(C)c1nc(N)c(C(=O)Nc2cccc(Br)c2)s1. The molecular weight excluding hydrogens is 352 g/mol. The van der Waals surface area contributed by atoms with Gasteiger partial charge >= 0.3 is 0 Å². The van der Waals surface area contributed by atoms with Gasteiger partial charge in [0.2, 0.25) is 0 Å². The molecule has 0 saturated carbocycles. The number of thiazole rings is 1. The number of benzene rings is 1. The van der Waals surface area contributed by atoms with Crippen molar-refractivity contribution in [3.8, 4) is 0 Å². The minimum absolute atomic E-state index is 0.237. The molecule has 1 aromatic carbocycles. The number of rotatable bonds is 5. The maximum atomic E-state index is 12.3. The van der Waals surface area contributed by atoms with Crippen LogP contribution in [0.3, 0.4) is 0 Å². The third-order valence-electron chi connectivity index (χ3n) is 2.82. The first-order valence-corrected chi connectivity index (χ1v) is 8.16. The van der Waals surface area contributed by atoms with Crippen molar-refractivity contribution in [1.29, 1.82) is 0 Å². The first-order valence-electron chi connectivity index (χ1n) is 6.55. The summed E-state index contributed by atoms with van der Waals surface area (Å²) in [7, 11) is 1.94. The zero-order valence-corrected chi connectivity index (χ0v) is 14.3. The Hall–Kier alpha value is -1.60. The van der Waals surface area contributed by atoms with E-state index in [1.54, 1.807) is 0 Å². The normalized spacial score (nSPS) is 10.4. The van der Waals surface area contributed by atoms with E-state index in [2.05, 4.69) is 33.2 Å². The van der Waals surface area contributed by atoms with Gasteiger partial charge in [-0.1, -0.05) is 40.3 Å². The minimum Gasteiger partial charge on any atom is -0.382 e. The van der Waals surface area contributed by atoms with Crippen LogP contribution in [0.2, 0.25) is 0 Å². The average Bonchev–Trinajstić information content (AvgIpc) is 2.81. The van der Waals surface area contributed by atoms with Gasteiger partial charge in [0.1, 0.15) is 10.7 Å². The predicted molar refractivity (Wildman–Crippen MR) is 92.2 cm³/mol. The molecule has 3 N–H and O–H groups in total. The molecule has 0 unspecified atom stereocenters. The lowest BCUT2D eigenvalue weighted by molar-refractivity contribution is 0.103. The summed E-state index contributed by atoms with van der Waals surface area (Å²) < 4.78 is 0.904. The van der Waals surface area contributed by atoms with Crippen LogP contribution in [0.1, 0.15) is 23.0 Å². The van der Waals surface area contributed by atoms with Crippen molar-refractivity contribution in [1.82, 2.24) is 4.98 Å². The summed E-state index contributed by atoms with van der Waals surface area (Å²) in [4.78, 5) is 19.0. The van der Waals surface area contributed by atoms with Crippen LogP contribution < -0.4 is 16.0 Å². The number of carbonyl (C=O) groups excluding carboxylic acids is 1. The van der Waals surface area contributed by atoms with Crippen molar-refractivity contribution in [3.05, 3.63) is 33.6 Å². The summed E-state index contributed by atoms with van der Waals surface area (Å²) in [5.74, 6) is 0.0321. The number of nitrogens with two attached hydrogens (primary N) is 1. The van der Waals surface area contributed by atoms with Crippen molar-refractivity contribution < 1.29 is 4.79 Å². The second-order valence-electron chi connectivity index (χ2n) is 4.60. The Morgan fingerprint density at radius 2 is 2.29 bits per heavy atom. The Kier molecular flexibility index (Phi) is 5.19. The monoisotopic (exact) mass is 368 g/mol. The summed E-state index contributed by atoms with van der Waals surface area (Å²) in [6.07, 6.45) is 1.01. The third-order valence-corrected chi connectivity index (χ3v) is 4.49. The van der Waals surface area contributed by atoms with Crippen molar-refractivity contribution in [2.24, 2.45) is 0 Å². The molecule has 1 amide bonds. The quantitative estimate of drug-likeness (QED) is 0.845. The highest BCUT2D eigenvalue weighted by Crippen LogP contribution is 2.28. The van der Waals surface area contributed by atoms with E-state index in [-0.39, 0.29) is 11.7 Å². The number of anilines is 3. The number of carbonyl (C=O) groups is 1. The van der Waals surface area contributed by atoms with Crippen LogP contribution in [0.4, 0.5) is 16.6 Å². The van der Waals surface area contributed by atoms with E-state index < -0.39 is 0 Å². The van der Waals surface area contributed by atoms with Gasteiger partial charge in [0, 0.05) is 23.8 Å². The predicted octanol–water partition coefficient (Wildman–Crippen LogP) is 3.59. The number of halogens is 1. The topological polar surface area (TPSA) is 71.2 Å². The van der Waals surface area contributed by atoms with Crippen molar-refractivity contribution in [3.63, 3.8) is 0 Å². The standard InChI is InChI=1S/C14H17BrN4OS/c1-3-7-19(2)14-18-12(16)11(21-14)13(20)17-10-6-4-5-9(15)8-10/h4-6,8H,3,7,16H2,1-2H3,(H,17,20). The molecule has 0 bridgehead atoms. The molecule has 0 aliphatic carbocycles. The smallest absolute Gasteiger partial charge is 0.269 e. The van der Waals surface area contributed by atoms with E-state index in [0.29, 0.717) is 10.6 Å². The highest BCUT2D eigenvalue weighted by molar-refractivity contribution is 9.10. The van der Waals surface area contributed by atoms with Crippen LogP contribution in [0.5, 0.6) is 0 Å². The van der Waals surface area contributed by atoms with E-state index in [1.165, 1.54) is 11.3 Å². The summed E-state index contributed by atoms with van der Waals surface area (Å²) >= 11 is 4.68. The zero-order chi connectivity index (χ0) is 15.4. The third kappa shape index (κ3) is 3.95. The average molecular weight is 369 g/mol. The fraction of sp³-hybridized carbons (Fsp3) is 0.286. The highest BCUT2D eigenvalue weighted by atomic mass is 79.9. The van der Waals surface area contributed by atoms with Crippen molar-refractivity contribution >= 4 is 49.8 Å². The molecule has 0 aliphatic rings. The van der Waals surface area contributed by atoms with Crippen LogP contribution in [0.15, 0.2) is 28.7 Å². The van der Waals surface area contributed by atoms with Gasteiger partial charge in [-0.25, -0.2) is 4.98 Å². The van der Waals surface area contributed by atoms with E-state index in [9.17, 15) is 4.79 Å². The van der Waals surface area contributed by atoms with Crippen molar-refractivity contribution in [2.45, 2.75) is 13.3 Å². The number of nitrogen functional groups attached to an aromatic ring is 1. The fourth-order valence-electron chi connectivity index (χ4n) is 1.83. The van der Waals surface area contributed by atoms with E-state index in [4.69, 9.17) is 5.73 Å². The van der Waals surface area contributed by atoms with Crippen LogP contribution in [0, 0.1) is 0 Å².